The molecule has 6 nitrogen and oxygen atoms in total. The Kier molecular flexibility index (Phi) is 17.6. The molecule has 0 spiro atoms. The van der Waals surface area contributed by atoms with Crippen LogP contribution in [-0.2, 0) is 0 Å². The van der Waals surface area contributed by atoms with E-state index < -0.39 is 0 Å². The first-order chi connectivity index (χ1) is 45.6. The second-order valence-electron chi connectivity index (χ2n) is 25.3. The van der Waals surface area contributed by atoms with E-state index in [-0.39, 0.29) is 0 Å². The number of hydrogen-bond acceptors (Lipinski definition) is 6. The van der Waals surface area contributed by atoms with Crippen molar-refractivity contribution in [1.29, 1.82) is 0 Å². The van der Waals surface area contributed by atoms with E-state index in [2.05, 4.69) is 402 Å². The zero-order valence-corrected chi connectivity index (χ0v) is 55.6. The highest BCUT2D eigenvalue weighted by Crippen LogP contribution is 2.50. The van der Waals surface area contributed by atoms with Crippen molar-refractivity contribution in [3.8, 4) is 0 Å². The van der Waals surface area contributed by atoms with Gasteiger partial charge in [0, 0.05) is 68.2 Å². The lowest BCUT2D eigenvalue weighted by molar-refractivity contribution is 1.20. The fraction of sp³-hybridized carbons (Fsp3) is 0.114. The molecule has 13 aromatic rings. The molecule has 0 aliphatic heterocycles. The van der Waals surface area contributed by atoms with Crippen molar-refractivity contribution in [2.45, 2.75) is 69.2 Å². The Morgan fingerprint density at radius 1 is 0.117 bits per heavy atom. The average molecular weight is 1220 g/mol. The molecule has 13 rings (SSSR count). The van der Waals surface area contributed by atoms with Gasteiger partial charge in [0.1, 0.15) is 0 Å². The van der Waals surface area contributed by atoms with E-state index in [0.29, 0.717) is 0 Å². The second kappa shape index (κ2) is 26.9. The molecular formula is C88H80N6. The van der Waals surface area contributed by atoms with Gasteiger partial charge in [-0.2, -0.15) is 0 Å². The lowest BCUT2D eigenvalue weighted by atomic mass is 10.1. The van der Waals surface area contributed by atoms with Gasteiger partial charge >= 0.3 is 0 Å². The van der Waals surface area contributed by atoms with Gasteiger partial charge in [-0.25, -0.2) is 0 Å². The molecule has 0 unspecified atom stereocenters. The third-order valence-electron chi connectivity index (χ3n) is 17.6. The Morgan fingerprint density at radius 2 is 0.223 bits per heavy atom. The quantitative estimate of drug-likeness (QED) is 0.0847. The summed E-state index contributed by atoms with van der Waals surface area (Å²) in [6.07, 6.45) is 0. The molecule has 0 amide bonds. The van der Waals surface area contributed by atoms with E-state index in [1.165, 1.54) is 55.6 Å². The van der Waals surface area contributed by atoms with Crippen molar-refractivity contribution in [3.63, 3.8) is 0 Å². The first-order valence-corrected chi connectivity index (χ1v) is 32.5. The first kappa shape index (κ1) is 61.5. The highest BCUT2D eigenvalue weighted by Gasteiger charge is 2.26. The van der Waals surface area contributed by atoms with Crippen LogP contribution in [0.1, 0.15) is 55.6 Å². The Bertz CT molecular complexity index is 4000. The number of nitrogens with zero attached hydrogens (tertiary/aromatic N) is 6. The van der Waals surface area contributed by atoms with Gasteiger partial charge in [0.25, 0.3) is 0 Å². The Hall–Kier alpha value is -11.3. The van der Waals surface area contributed by atoms with Crippen molar-refractivity contribution in [3.05, 3.63) is 359 Å². The van der Waals surface area contributed by atoms with Gasteiger partial charge in [0.05, 0.1) is 34.1 Å². The maximum absolute atomic E-state index is 2.43. The van der Waals surface area contributed by atoms with Gasteiger partial charge in [-0.05, 0) is 245 Å². The molecule has 0 saturated heterocycles. The summed E-state index contributed by atoms with van der Waals surface area (Å²) in [5.74, 6) is 0. The summed E-state index contributed by atoms with van der Waals surface area (Å²) in [7, 11) is 0. The fourth-order valence-electron chi connectivity index (χ4n) is 12.3. The van der Waals surface area contributed by atoms with Crippen LogP contribution in [0.5, 0.6) is 0 Å². The summed E-state index contributed by atoms with van der Waals surface area (Å²) in [6, 6.07) is 112. The molecule has 0 aliphatic carbocycles. The molecule has 0 aromatic heterocycles. The second-order valence-corrected chi connectivity index (χ2v) is 25.3. The molecule has 462 valence electrons. The predicted molar refractivity (Wildman–Crippen MR) is 402 cm³/mol. The molecule has 0 N–H and O–H groups in total. The minimum atomic E-state index is 0.979. The van der Waals surface area contributed by atoms with Gasteiger partial charge in [0.2, 0.25) is 0 Å². The molecule has 0 aliphatic rings. The van der Waals surface area contributed by atoms with Gasteiger partial charge < -0.3 is 29.4 Å². The zero-order chi connectivity index (χ0) is 65.0. The Labute approximate surface area is 556 Å². The number of rotatable bonds is 18. The van der Waals surface area contributed by atoms with Crippen molar-refractivity contribution in [2.24, 2.45) is 0 Å². The Balaban J connectivity index is 1.08. The summed E-state index contributed by atoms with van der Waals surface area (Å²) < 4.78 is 0. The normalized spacial score (nSPS) is 11.1. The van der Waals surface area contributed by atoms with Crippen LogP contribution in [0.4, 0.5) is 102 Å². The van der Waals surface area contributed by atoms with E-state index in [4.69, 9.17) is 0 Å². The SMILES string of the molecule is Cc1ccc(N(c2ccc(C)cc2)c2cc(N(c3ccc(C)cc3)c3ccc(C)cc3)cc(N(c3ccc(C)cc3)c3cccc(N(c4ccc(C)cc4)c4cc(N(c5ccc(C)cc5)c5ccc(C)cc5)cc(N(c5ccc(C)cc5)c5ccc(C)cc5)c4)c3)c2)cc1. The predicted octanol–water partition coefficient (Wildman–Crippen LogP) is 25.6. The molecule has 0 bridgehead atoms. The van der Waals surface area contributed by atoms with Crippen LogP contribution in [0.25, 0.3) is 0 Å². The number of benzene rings is 13. The third kappa shape index (κ3) is 13.5. The minimum absolute atomic E-state index is 0.979. The van der Waals surface area contributed by atoms with Crippen LogP contribution in [0.2, 0.25) is 0 Å². The zero-order valence-electron chi connectivity index (χ0n) is 55.6. The topological polar surface area (TPSA) is 19.4 Å². The standard InChI is InChI=1S/C88H80N6/c1-61-14-34-71(35-15-61)89(72-36-16-62(2)17-37-72)83-55-84(90(73-38-18-63(3)19-39-73)74-40-20-64(4)21-41-74)58-87(57-83)93(79-50-30-69(9)31-51-79)81-12-11-13-82(54-81)94(80-52-32-70(10)33-53-80)88-59-85(91(75-42-22-65(5)23-43-75)76-44-24-66(6)25-45-76)56-86(60-88)92(77-46-26-67(7)27-47-77)78-48-28-68(8)29-49-78/h11-60H,1-10H3. The maximum Gasteiger partial charge on any atom is 0.0503 e. The van der Waals surface area contributed by atoms with E-state index in [1.54, 1.807) is 0 Å². The molecule has 0 atom stereocenters. The van der Waals surface area contributed by atoms with Crippen molar-refractivity contribution >= 4 is 102 Å². The smallest absolute Gasteiger partial charge is 0.0503 e. The highest BCUT2D eigenvalue weighted by molar-refractivity contribution is 5.93. The number of hydrogen-bond donors (Lipinski definition) is 0. The van der Waals surface area contributed by atoms with Crippen LogP contribution in [0.3, 0.4) is 0 Å². The molecular weight excluding hydrogens is 1140 g/mol. The molecule has 0 fully saturated rings. The summed E-state index contributed by atoms with van der Waals surface area (Å²) >= 11 is 0. The number of anilines is 18. The van der Waals surface area contributed by atoms with E-state index >= 15 is 0 Å². The maximum atomic E-state index is 2.43. The van der Waals surface area contributed by atoms with Crippen LogP contribution >= 0.6 is 0 Å². The fourth-order valence-corrected chi connectivity index (χ4v) is 12.3. The molecule has 0 radical (unpaired) electrons. The molecule has 6 heteroatoms. The van der Waals surface area contributed by atoms with Gasteiger partial charge in [-0.1, -0.05) is 183 Å². The van der Waals surface area contributed by atoms with Crippen molar-refractivity contribution in [2.75, 3.05) is 29.4 Å². The Morgan fingerprint density at radius 3 is 0.351 bits per heavy atom. The van der Waals surface area contributed by atoms with Crippen LogP contribution in [0.15, 0.2) is 303 Å². The molecule has 0 heterocycles. The van der Waals surface area contributed by atoms with Gasteiger partial charge in [-0.3, -0.25) is 0 Å². The van der Waals surface area contributed by atoms with E-state index in [1.807, 2.05) is 0 Å². The van der Waals surface area contributed by atoms with Crippen LogP contribution in [0, 0.1) is 69.2 Å². The van der Waals surface area contributed by atoms with E-state index in [9.17, 15) is 0 Å². The van der Waals surface area contributed by atoms with Crippen molar-refractivity contribution < 1.29 is 0 Å². The first-order valence-electron chi connectivity index (χ1n) is 32.5. The summed E-state index contributed by atoms with van der Waals surface area (Å²) in [5, 5.41) is 0. The van der Waals surface area contributed by atoms with Crippen molar-refractivity contribution in [1.82, 2.24) is 0 Å². The van der Waals surface area contributed by atoms with E-state index in [0.717, 1.165) is 102 Å². The molecule has 0 saturated carbocycles. The largest absolute Gasteiger partial charge is 0.310 e. The summed E-state index contributed by atoms with van der Waals surface area (Å²) in [4.78, 5) is 14.5. The summed E-state index contributed by atoms with van der Waals surface area (Å²) in [5.41, 5.74) is 30.4. The lowest BCUT2D eigenvalue weighted by Gasteiger charge is -2.34. The van der Waals surface area contributed by atoms with Gasteiger partial charge in [0.15, 0.2) is 0 Å². The number of aryl methyl sites for hydroxylation is 10. The summed E-state index contributed by atoms with van der Waals surface area (Å²) in [6.45, 7) is 21.5. The van der Waals surface area contributed by atoms with Gasteiger partial charge in [-0.15, -0.1) is 0 Å². The lowest BCUT2D eigenvalue weighted by Crippen LogP contribution is -2.17. The highest BCUT2D eigenvalue weighted by atomic mass is 15.2. The third-order valence-corrected chi connectivity index (χ3v) is 17.6. The molecule has 13 aromatic carbocycles. The monoisotopic (exact) mass is 1220 g/mol. The average Bonchev–Trinajstić information content (AvgIpc) is 0.770. The minimum Gasteiger partial charge on any atom is -0.310 e. The van der Waals surface area contributed by atoms with Crippen LogP contribution < -0.4 is 29.4 Å². The molecule has 94 heavy (non-hydrogen) atoms. The van der Waals surface area contributed by atoms with Crippen LogP contribution in [-0.4, -0.2) is 0 Å².